The molecule has 2 rings (SSSR count). The minimum atomic E-state index is -0.702. The van der Waals surface area contributed by atoms with Crippen molar-refractivity contribution in [3.63, 3.8) is 0 Å². The van der Waals surface area contributed by atoms with Gasteiger partial charge in [0.2, 0.25) is 0 Å². The molecule has 2 aromatic rings. The van der Waals surface area contributed by atoms with Crippen molar-refractivity contribution in [2.45, 2.75) is 6.92 Å². The predicted octanol–water partition coefficient (Wildman–Crippen LogP) is 4.54. The fourth-order valence-corrected chi connectivity index (χ4v) is 3.13. The largest absolute Gasteiger partial charge is 0.369 e. The summed E-state index contributed by atoms with van der Waals surface area (Å²) >= 11 is 11.7. The van der Waals surface area contributed by atoms with Gasteiger partial charge in [0.05, 0.1) is 22.1 Å². The zero-order valence-corrected chi connectivity index (χ0v) is 17.1. The van der Waals surface area contributed by atoms with Crippen molar-refractivity contribution in [1.29, 1.82) is 0 Å². The molecule has 0 aliphatic heterocycles. The van der Waals surface area contributed by atoms with E-state index in [2.05, 4.69) is 15.4 Å². The van der Waals surface area contributed by atoms with Gasteiger partial charge in [-0.05, 0) is 36.2 Å². The highest BCUT2D eigenvalue weighted by molar-refractivity contribution is 6.18. The number of non-ortho nitro benzene ring substituents is 1. The highest BCUT2D eigenvalue weighted by atomic mass is 35.5. The average Bonchev–Trinajstić information content (AvgIpc) is 2.68. The quantitative estimate of drug-likeness (QED) is 0.251. The number of nitrogens with zero attached hydrogens (tertiary/aromatic N) is 4. The summed E-state index contributed by atoms with van der Waals surface area (Å²) < 4.78 is 0. The van der Waals surface area contributed by atoms with Gasteiger partial charge in [0, 0.05) is 36.6 Å². The fraction of sp³-hybridized carbons (Fsp3) is 0.278. The molecule has 9 nitrogen and oxygen atoms in total. The molecule has 0 atom stereocenters. The molecule has 2 aromatic carbocycles. The van der Waals surface area contributed by atoms with E-state index in [4.69, 9.17) is 23.2 Å². The van der Waals surface area contributed by atoms with Gasteiger partial charge in [0.15, 0.2) is 0 Å². The third kappa shape index (κ3) is 6.03. The monoisotopic (exact) mass is 439 g/mol. The SMILES string of the molecule is Cc1cc(/C=N\Nc2ccc([N+](=O)[O-])cc2[N+](=O)[O-])ccc1N(CCCl)CCCl. The molecule has 0 amide bonds. The van der Waals surface area contributed by atoms with Crippen molar-refractivity contribution in [1.82, 2.24) is 0 Å². The van der Waals surface area contributed by atoms with E-state index < -0.39 is 15.5 Å². The molecule has 0 saturated heterocycles. The second kappa shape index (κ2) is 10.6. The zero-order valence-electron chi connectivity index (χ0n) is 15.5. The third-order valence-corrected chi connectivity index (χ3v) is 4.40. The molecular formula is C18H19Cl2N5O4. The Morgan fingerprint density at radius 2 is 1.76 bits per heavy atom. The second-order valence-electron chi connectivity index (χ2n) is 6.00. The van der Waals surface area contributed by atoms with Crippen LogP contribution < -0.4 is 10.3 Å². The maximum absolute atomic E-state index is 11.1. The lowest BCUT2D eigenvalue weighted by Gasteiger charge is -2.25. The Bertz CT molecular complexity index is 917. The molecule has 0 unspecified atom stereocenters. The smallest absolute Gasteiger partial charge is 0.301 e. The molecule has 0 spiro atoms. The van der Waals surface area contributed by atoms with Crippen LogP contribution in [0.1, 0.15) is 11.1 Å². The number of rotatable bonds is 10. The molecule has 0 aliphatic rings. The van der Waals surface area contributed by atoms with Crippen molar-refractivity contribution in [2.75, 3.05) is 35.2 Å². The van der Waals surface area contributed by atoms with Crippen molar-refractivity contribution in [3.8, 4) is 0 Å². The molecule has 0 bridgehead atoms. The van der Waals surface area contributed by atoms with Gasteiger partial charge in [0.1, 0.15) is 5.69 Å². The molecule has 0 saturated carbocycles. The molecule has 0 heterocycles. The Balaban J connectivity index is 2.17. The molecular weight excluding hydrogens is 421 g/mol. The van der Waals surface area contributed by atoms with Crippen LogP contribution >= 0.6 is 23.2 Å². The lowest BCUT2D eigenvalue weighted by atomic mass is 10.1. The minimum absolute atomic E-state index is 0.0561. The summed E-state index contributed by atoms with van der Waals surface area (Å²) in [6.07, 6.45) is 1.51. The van der Waals surface area contributed by atoms with Gasteiger partial charge >= 0.3 is 5.69 Å². The summed E-state index contributed by atoms with van der Waals surface area (Å²) in [6.45, 7) is 3.30. The predicted molar refractivity (Wildman–Crippen MR) is 116 cm³/mol. The lowest BCUT2D eigenvalue weighted by Crippen LogP contribution is -2.28. The van der Waals surface area contributed by atoms with E-state index in [1.807, 2.05) is 25.1 Å². The van der Waals surface area contributed by atoms with Gasteiger partial charge in [-0.1, -0.05) is 6.07 Å². The number of halogens is 2. The summed E-state index contributed by atoms with van der Waals surface area (Å²) in [5.74, 6) is 0.967. The Morgan fingerprint density at radius 3 is 2.31 bits per heavy atom. The first-order chi connectivity index (χ1) is 13.9. The number of anilines is 2. The van der Waals surface area contributed by atoms with Crippen LogP contribution in [0.5, 0.6) is 0 Å². The maximum Gasteiger partial charge on any atom is 0.301 e. The minimum Gasteiger partial charge on any atom is -0.369 e. The first-order valence-corrected chi connectivity index (χ1v) is 9.63. The normalized spacial score (nSPS) is 10.9. The Hall–Kier alpha value is -2.91. The topological polar surface area (TPSA) is 114 Å². The van der Waals surface area contributed by atoms with Crippen LogP contribution in [0.15, 0.2) is 41.5 Å². The summed E-state index contributed by atoms with van der Waals surface area (Å²) in [5.41, 5.74) is 4.63. The van der Waals surface area contributed by atoms with Gasteiger partial charge in [-0.3, -0.25) is 25.7 Å². The summed E-state index contributed by atoms with van der Waals surface area (Å²) in [4.78, 5) is 22.6. The van der Waals surface area contributed by atoms with E-state index in [1.165, 1.54) is 18.3 Å². The fourth-order valence-electron chi connectivity index (χ4n) is 2.73. The van der Waals surface area contributed by atoms with Crippen molar-refractivity contribution in [3.05, 3.63) is 67.8 Å². The Morgan fingerprint density at radius 1 is 1.07 bits per heavy atom. The van der Waals surface area contributed by atoms with E-state index in [1.54, 1.807) is 0 Å². The summed E-state index contributed by atoms with van der Waals surface area (Å²) in [5, 5.41) is 26.0. The molecule has 29 heavy (non-hydrogen) atoms. The van der Waals surface area contributed by atoms with E-state index >= 15 is 0 Å². The first kappa shape index (κ1) is 22.4. The van der Waals surface area contributed by atoms with Crippen LogP contribution in [-0.4, -0.2) is 40.9 Å². The van der Waals surface area contributed by atoms with Crippen LogP contribution in [0.2, 0.25) is 0 Å². The number of nitrogens with one attached hydrogen (secondary N) is 1. The zero-order chi connectivity index (χ0) is 21.4. The lowest BCUT2D eigenvalue weighted by molar-refractivity contribution is -0.393. The number of benzene rings is 2. The molecule has 0 aliphatic carbocycles. The summed E-state index contributed by atoms with van der Waals surface area (Å²) in [6, 6.07) is 9.01. The van der Waals surface area contributed by atoms with Gasteiger partial charge in [-0.25, -0.2) is 0 Å². The van der Waals surface area contributed by atoms with Gasteiger partial charge < -0.3 is 4.90 Å². The van der Waals surface area contributed by atoms with Crippen molar-refractivity contribution < 1.29 is 9.85 Å². The number of hydrogen-bond acceptors (Lipinski definition) is 7. The van der Waals surface area contributed by atoms with Gasteiger partial charge in [-0.15, -0.1) is 23.2 Å². The van der Waals surface area contributed by atoms with Crippen LogP contribution in [0.25, 0.3) is 0 Å². The van der Waals surface area contributed by atoms with Crippen LogP contribution in [0.3, 0.4) is 0 Å². The number of hydrazone groups is 1. The number of alkyl halides is 2. The first-order valence-electron chi connectivity index (χ1n) is 8.56. The number of aryl methyl sites for hydroxylation is 1. The molecule has 0 aromatic heterocycles. The molecule has 1 N–H and O–H groups in total. The highest BCUT2D eigenvalue weighted by Gasteiger charge is 2.19. The number of nitro benzene ring substituents is 2. The molecule has 0 radical (unpaired) electrons. The van der Waals surface area contributed by atoms with Gasteiger partial charge in [-0.2, -0.15) is 5.10 Å². The third-order valence-electron chi connectivity index (χ3n) is 4.06. The van der Waals surface area contributed by atoms with Crippen LogP contribution in [0, 0.1) is 27.2 Å². The number of hydrogen-bond donors (Lipinski definition) is 1. The van der Waals surface area contributed by atoms with Gasteiger partial charge in [0.25, 0.3) is 5.69 Å². The van der Waals surface area contributed by atoms with E-state index in [-0.39, 0.29) is 11.4 Å². The van der Waals surface area contributed by atoms with Crippen LogP contribution in [-0.2, 0) is 0 Å². The van der Waals surface area contributed by atoms with Crippen molar-refractivity contribution >= 4 is 52.2 Å². The molecule has 154 valence electrons. The van der Waals surface area contributed by atoms with Crippen LogP contribution in [0.4, 0.5) is 22.7 Å². The second-order valence-corrected chi connectivity index (χ2v) is 6.75. The molecule has 11 heteroatoms. The van der Waals surface area contributed by atoms with E-state index in [9.17, 15) is 20.2 Å². The maximum atomic E-state index is 11.1. The van der Waals surface area contributed by atoms with E-state index in [0.29, 0.717) is 24.8 Å². The van der Waals surface area contributed by atoms with Crippen molar-refractivity contribution in [2.24, 2.45) is 5.10 Å². The standard InChI is InChI=1S/C18H19Cl2N5O4/c1-13-10-14(2-5-17(13)23(8-6-19)9-7-20)12-21-22-16-4-3-15(24(26)27)11-18(16)25(28)29/h2-5,10-12,22H,6-9H2,1H3/b21-12-. The molecule has 0 fully saturated rings. The number of nitro groups is 2. The Labute approximate surface area is 177 Å². The highest BCUT2D eigenvalue weighted by Crippen LogP contribution is 2.29. The average molecular weight is 440 g/mol. The Kier molecular flexibility index (Phi) is 8.17. The summed E-state index contributed by atoms with van der Waals surface area (Å²) in [7, 11) is 0. The van der Waals surface area contributed by atoms with E-state index in [0.717, 1.165) is 22.9 Å².